The van der Waals surface area contributed by atoms with Crippen molar-refractivity contribution in [1.82, 2.24) is 15.1 Å². The van der Waals surface area contributed by atoms with E-state index in [1.54, 1.807) is 24.3 Å². The van der Waals surface area contributed by atoms with Crippen molar-refractivity contribution in [2.45, 2.75) is 6.54 Å². The highest BCUT2D eigenvalue weighted by Gasteiger charge is 2.18. The summed E-state index contributed by atoms with van der Waals surface area (Å²) in [5, 5.41) is 7.79. The molecule has 0 aliphatic rings. The molecule has 0 fully saturated rings. The quantitative estimate of drug-likeness (QED) is 0.781. The number of fused-ring (bicyclic) bond motifs is 1. The average molecular weight is 255 g/mol. The highest BCUT2D eigenvalue weighted by Crippen LogP contribution is 2.17. The zero-order valence-electron chi connectivity index (χ0n) is 10.5. The minimum absolute atomic E-state index is 0.131. The van der Waals surface area contributed by atoms with Gasteiger partial charge in [0.2, 0.25) is 0 Å². The number of hydrogen-bond donors (Lipinski definition) is 1. The molecule has 0 saturated heterocycles. The van der Waals surface area contributed by atoms with Crippen LogP contribution in [0.2, 0.25) is 0 Å². The minimum atomic E-state index is -0.131. The molecule has 1 N–H and O–H groups in total. The number of hydrogen-bond acceptors (Lipinski definition) is 3. The van der Waals surface area contributed by atoms with Crippen LogP contribution in [-0.2, 0) is 6.54 Å². The van der Waals surface area contributed by atoms with Gasteiger partial charge in [0, 0.05) is 12.4 Å². The van der Waals surface area contributed by atoms with Crippen molar-refractivity contribution in [3.05, 3.63) is 54.1 Å². The van der Waals surface area contributed by atoms with Crippen molar-refractivity contribution in [3.63, 3.8) is 0 Å². The van der Waals surface area contributed by atoms with E-state index in [9.17, 15) is 4.79 Å². The van der Waals surface area contributed by atoms with Crippen LogP contribution in [0, 0.1) is 0 Å². The van der Waals surface area contributed by atoms with Crippen LogP contribution in [0.5, 0.6) is 0 Å². The summed E-state index contributed by atoms with van der Waals surface area (Å²) in [7, 11) is 1.73. The molecule has 19 heavy (non-hydrogen) atoms. The summed E-state index contributed by atoms with van der Waals surface area (Å²) in [6.07, 6.45) is 1.59. The van der Waals surface area contributed by atoms with Crippen LogP contribution in [-0.4, -0.2) is 28.1 Å². The topological polar surface area (TPSA) is 62.1 Å². The van der Waals surface area contributed by atoms with Gasteiger partial charge in [-0.15, -0.1) is 0 Å². The summed E-state index contributed by atoms with van der Waals surface area (Å²) < 4.78 is 5.24. The molecule has 0 radical (unpaired) electrons. The summed E-state index contributed by atoms with van der Waals surface area (Å²) in [6, 6.07) is 11.2. The number of amides is 1. The normalized spacial score (nSPS) is 10.8. The second kappa shape index (κ2) is 4.61. The summed E-state index contributed by atoms with van der Waals surface area (Å²) in [5.74, 6) is 0.615. The first-order valence-electron chi connectivity index (χ1n) is 5.96. The minimum Gasteiger partial charge on any atom is -0.467 e. The number of carbonyl (C=O) groups is 1. The number of nitrogens with zero attached hydrogens (tertiary/aromatic N) is 2. The van der Waals surface area contributed by atoms with Crippen molar-refractivity contribution < 1.29 is 9.21 Å². The molecule has 5 heteroatoms. The Morgan fingerprint density at radius 1 is 1.32 bits per heavy atom. The van der Waals surface area contributed by atoms with E-state index in [1.165, 1.54) is 0 Å². The molecule has 0 bridgehead atoms. The van der Waals surface area contributed by atoms with E-state index in [1.807, 2.05) is 30.3 Å². The third-order valence-corrected chi connectivity index (χ3v) is 2.99. The number of para-hydroxylation sites is 1. The molecule has 0 aliphatic heterocycles. The molecular weight excluding hydrogens is 242 g/mol. The zero-order valence-corrected chi connectivity index (χ0v) is 10.5. The van der Waals surface area contributed by atoms with E-state index in [0.29, 0.717) is 12.2 Å². The molecule has 0 spiro atoms. The van der Waals surface area contributed by atoms with Crippen LogP contribution in [0.25, 0.3) is 10.9 Å². The number of carbonyl (C=O) groups excluding carboxylic acids is 1. The van der Waals surface area contributed by atoms with Gasteiger partial charge >= 0.3 is 0 Å². The summed E-state index contributed by atoms with van der Waals surface area (Å²) >= 11 is 0. The first kappa shape index (κ1) is 11.5. The van der Waals surface area contributed by atoms with Gasteiger partial charge in [-0.25, -0.2) is 0 Å². The molecule has 1 aromatic carbocycles. The fourth-order valence-corrected chi connectivity index (χ4v) is 2.02. The lowest BCUT2D eigenvalue weighted by atomic mass is 10.2. The lowest BCUT2D eigenvalue weighted by Gasteiger charge is -2.14. The van der Waals surface area contributed by atoms with E-state index in [2.05, 4.69) is 10.2 Å². The van der Waals surface area contributed by atoms with Crippen LogP contribution in [0.4, 0.5) is 0 Å². The molecule has 0 atom stereocenters. The predicted octanol–water partition coefficient (Wildman–Crippen LogP) is 2.43. The molecular formula is C14H13N3O2. The van der Waals surface area contributed by atoms with Gasteiger partial charge < -0.3 is 9.32 Å². The van der Waals surface area contributed by atoms with E-state index >= 15 is 0 Å². The van der Waals surface area contributed by atoms with Crippen molar-refractivity contribution >= 4 is 16.8 Å². The molecule has 3 rings (SSSR count). The Balaban J connectivity index is 1.87. The maximum atomic E-state index is 12.3. The number of H-pyrrole nitrogens is 1. The number of aromatic nitrogens is 2. The average Bonchev–Trinajstić information content (AvgIpc) is 3.06. The smallest absolute Gasteiger partial charge is 0.275 e. The van der Waals surface area contributed by atoms with Gasteiger partial charge in [0.25, 0.3) is 5.91 Å². The molecule has 0 unspecified atom stereocenters. The third kappa shape index (κ3) is 2.10. The summed E-state index contributed by atoms with van der Waals surface area (Å²) in [4.78, 5) is 13.9. The maximum absolute atomic E-state index is 12.3. The number of aromatic amines is 1. The van der Waals surface area contributed by atoms with Gasteiger partial charge in [-0.1, -0.05) is 18.2 Å². The molecule has 3 aromatic rings. The van der Waals surface area contributed by atoms with Gasteiger partial charge in [-0.05, 0) is 18.2 Å². The molecule has 96 valence electrons. The van der Waals surface area contributed by atoms with E-state index in [-0.39, 0.29) is 5.91 Å². The van der Waals surface area contributed by atoms with E-state index in [4.69, 9.17) is 4.42 Å². The zero-order chi connectivity index (χ0) is 13.2. The Morgan fingerprint density at radius 2 is 2.16 bits per heavy atom. The van der Waals surface area contributed by atoms with Crippen LogP contribution >= 0.6 is 0 Å². The number of rotatable bonds is 3. The van der Waals surface area contributed by atoms with E-state index < -0.39 is 0 Å². The van der Waals surface area contributed by atoms with Gasteiger partial charge in [-0.3, -0.25) is 9.89 Å². The summed E-state index contributed by atoms with van der Waals surface area (Å²) in [5.41, 5.74) is 1.29. The second-order valence-electron chi connectivity index (χ2n) is 4.36. The lowest BCUT2D eigenvalue weighted by molar-refractivity contribution is 0.0771. The fraction of sp³-hybridized carbons (Fsp3) is 0.143. The highest BCUT2D eigenvalue weighted by atomic mass is 16.3. The van der Waals surface area contributed by atoms with Crippen LogP contribution < -0.4 is 0 Å². The van der Waals surface area contributed by atoms with Gasteiger partial charge in [-0.2, -0.15) is 5.10 Å². The standard InChI is InChI=1S/C14H13N3O2/c1-17(9-10-5-4-8-19-10)14(18)13-11-6-2-3-7-12(11)15-16-13/h2-8H,9H2,1H3,(H,15,16). The highest BCUT2D eigenvalue weighted by molar-refractivity contribution is 6.04. The number of furan rings is 1. The van der Waals surface area contributed by atoms with Crippen LogP contribution in [0.3, 0.4) is 0 Å². The Kier molecular flexibility index (Phi) is 2.79. The van der Waals surface area contributed by atoms with Crippen LogP contribution in [0.1, 0.15) is 16.2 Å². The molecule has 2 heterocycles. The van der Waals surface area contributed by atoms with E-state index in [0.717, 1.165) is 16.7 Å². The largest absolute Gasteiger partial charge is 0.467 e. The van der Waals surface area contributed by atoms with Gasteiger partial charge in [0.15, 0.2) is 5.69 Å². The first-order chi connectivity index (χ1) is 9.25. The van der Waals surface area contributed by atoms with Crippen molar-refractivity contribution in [2.24, 2.45) is 0 Å². The SMILES string of the molecule is CN(Cc1ccco1)C(=O)c1n[nH]c2ccccc12. The number of nitrogens with one attached hydrogen (secondary N) is 1. The Hall–Kier alpha value is -2.56. The summed E-state index contributed by atoms with van der Waals surface area (Å²) in [6.45, 7) is 0.424. The predicted molar refractivity (Wildman–Crippen MR) is 70.6 cm³/mol. The molecule has 0 saturated carbocycles. The Labute approximate surface area is 109 Å². The monoisotopic (exact) mass is 255 g/mol. The molecule has 0 aliphatic carbocycles. The first-order valence-corrected chi connectivity index (χ1v) is 5.96. The molecule has 5 nitrogen and oxygen atoms in total. The van der Waals surface area contributed by atoms with Gasteiger partial charge in [0.05, 0.1) is 18.3 Å². The third-order valence-electron chi connectivity index (χ3n) is 2.99. The second-order valence-corrected chi connectivity index (χ2v) is 4.36. The Bertz CT molecular complexity index is 700. The lowest BCUT2D eigenvalue weighted by Crippen LogP contribution is -2.26. The number of benzene rings is 1. The van der Waals surface area contributed by atoms with Crippen LogP contribution in [0.15, 0.2) is 47.1 Å². The molecule has 2 aromatic heterocycles. The Morgan fingerprint density at radius 3 is 2.95 bits per heavy atom. The van der Waals surface area contributed by atoms with Crippen molar-refractivity contribution in [2.75, 3.05) is 7.05 Å². The molecule has 1 amide bonds. The fourth-order valence-electron chi connectivity index (χ4n) is 2.02. The van der Waals surface area contributed by atoms with Crippen molar-refractivity contribution in [1.29, 1.82) is 0 Å². The van der Waals surface area contributed by atoms with Gasteiger partial charge in [0.1, 0.15) is 5.76 Å². The maximum Gasteiger partial charge on any atom is 0.275 e. The van der Waals surface area contributed by atoms with Crippen molar-refractivity contribution in [3.8, 4) is 0 Å².